The van der Waals surface area contributed by atoms with E-state index >= 15 is 0 Å². The lowest BCUT2D eigenvalue weighted by molar-refractivity contribution is -0.384. The van der Waals surface area contributed by atoms with Crippen molar-refractivity contribution >= 4 is 33.1 Å². The number of thiazole rings is 1. The number of benzene rings is 2. The maximum Gasteiger partial charge on any atom is 0.279 e. The number of rotatable bonds is 3. The quantitative estimate of drug-likeness (QED) is 0.541. The molecule has 0 aliphatic heterocycles. The van der Waals surface area contributed by atoms with E-state index in [-0.39, 0.29) is 5.69 Å². The standard InChI is InChI=1S/C17H15N3O3S/c1-3-11-5-4-6-14-15(11)19(2)17(24-14)18-16(21)12-7-9-13(10-8-12)20(22)23/h4-10H,3H2,1-2H3. The van der Waals surface area contributed by atoms with E-state index in [0.29, 0.717) is 10.4 Å². The minimum atomic E-state index is -0.496. The van der Waals surface area contributed by atoms with Gasteiger partial charge in [0.1, 0.15) is 0 Å². The van der Waals surface area contributed by atoms with Gasteiger partial charge in [-0.3, -0.25) is 14.9 Å². The highest BCUT2D eigenvalue weighted by Crippen LogP contribution is 2.21. The van der Waals surface area contributed by atoms with E-state index in [1.165, 1.54) is 41.2 Å². The van der Waals surface area contributed by atoms with E-state index in [2.05, 4.69) is 18.0 Å². The molecular formula is C17H15N3O3S. The van der Waals surface area contributed by atoms with Crippen LogP contribution >= 0.6 is 11.3 Å². The van der Waals surface area contributed by atoms with Gasteiger partial charge < -0.3 is 4.57 Å². The molecule has 7 heteroatoms. The largest absolute Gasteiger partial charge is 0.319 e. The second-order valence-electron chi connectivity index (χ2n) is 5.28. The van der Waals surface area contributed by atoms with Crippen LogP contribution < -0.4 is 4.80 Å². The molecule has 3 aromatic rings. The van der Waals surface area contributed by atoms with E-state index in [0.717, 1.165) is 16.6 Å². The first kappa shape index (κ1) is 16.1. The molecular weight excluding hydrogens is 326 g/mol. The van der Waals surface area contributed by atoms with Crippen molar-refractivity contribution in [2.75, 3.05) is 0 Å². The van der Waals surface area contributed by atoms with E-state index in [1.807, 2.05) is 23.7 Å². The Kier molecular flexibility index (Phi) is 4.26. The second-order valence-corrected chi connectivity index (χ2v) is 6.29. The second kappa shape index (κ2) is 6.37. The molecule has 0 saturated carbocycles. The number of fused-ring (bicyclic) bond motifs is 1. The predicted octanol–water partition coefficient (Wildman–Crippen LogP) is 3.45. The highest BCUT2D eigenvalue weighted by molar-refractivity contribution is 7.16. The lowest BCUT2D eigenvalue weighted by Crippen LogP contribution is -2.13. The van der Waals surface area contributed by atoms with Gasteiger partial charge in [-0.05, 0) is 30.2 Å². The van der Waals surface area contributed by atoms with Crippen molar-refractivity contribution < 1.29 is 9.72 Å². The topological polar surface area (TPSA) is 77.5 Å². The van der Waals surface area contributed by atoms with Crippen LogP contribution in [0, 0.1) is 10.1 Å². The number of aromatic nitrogens is 1. The molecule has 0 radical (unpaired) electrons. The fourth-order valence-corrected chi connectivity index (χ4v) is 3.62. The summed E-state index contributed by atoms with van der Waals surface area (Å²) in [4.78, 5) is 27.3. The third-order valence-electron chi connectivity index (χ3n) is 3.81. The third kappa shape index (κ3) is 2.85. The van der Waals surface area contributed by atoms with Crippen LogP contribution in [0.3, 0.4) is 0 Å². The van der Waals surface area contributed by atoms with Crippen LogP contribution in [0.1, 0.15) is 22.8 Å². The maximum absolute atomic E-state index is 12.3. The summed E-state index contributed by atoms with van der Waals surface area (Å²) < 4.78 is 2.99. The zero-order valence-corrected chi connectivity index (χ0v) is 14.0. The minimum absolute atomic E-state index is 0.0495. The number of para-hydroxylation sites is 1. The van der Waals surface area contributed by atoms with Gasteiger partial charge in [0, 0.05) is 24.7 Å². The highest BCUT2D eigenvalue weighted by Gasteiger charge is 2.11. The average molecular weight is 341 g/mol. The van der Waals surface area contributed by atoms with Crippen LogP contribution in [0.25, 0.3) is 10.2 Å². The van der Waals surface area contributed by atoms with Crippen LogP contribution in [0.2, 0.25) is 0 Å². The molecule has 0 fully saturated rings. The zero-order valence-electron chi connectivity index (χ0n) is 13.2. The molecule has 24 heavy (non-hydrogen) atoms. The third-order valence-corrected chi connectivity index (χ3v) is 4.91. The minimum Gasteiger partial charge on any atom is -0.319 e. The van der Waals surface area contributed by atoms with Crippen molar-refractivity contribution in [3.05, 3.63) is 68.5 Å². The number of carbonyl (C=O) groups excluding carboxylic acids is 1. The van der Waals surface area contributed by atoms with E-state index in [1.54, 1.807) is 0 Å². The molecule has 1 aromatic heterocycles. The fourth-order valence-electron chi connectivity index (χ4n) is 2.55. The van der Waals surface area contributed by atoms with Crippen molar-refractivity contribution in [2.45, 2.75) is 13.3 Å². The van der Waals surface area contributed by atoms with Gasteiger partial charge in [-0.25, -0.2) is 0 Å². The van der Waals surface area contributed by atoms with Crippen LogP contribution in [0.5, 0.6) is 0 Å². The predicted molar refractivity (Wildman–Crippen MR) is 93.2 cm³/mol. The summed E-state index contributed by atoms with van der Waals surface area (Å²) in [6.45, 7) is 2.09. The van der Waals surface area contributed by atoms with Crippen LogP contribution in [0.15, 0.2) is 47.5 Å². The van der Waals surface area contributed by atoms with Gasteiger partial charge >= 0.3 is 0 Å². The first-order valence-electron chi connectivity index (χ1n) is 7.42. The van der Waals surface area contributed by atoms with Gasteiger partial charge in [-0.2, -0.15) is 4.99 Å². The van der Waals surface area contributed by atoms with Gasteiger partial charge in [0.05, 0.1) is 15.1 Å². The molecule has 0 N–H and O–H groups in total. The van der Waals surface area contributed by atoms with Gasteiger partial charge in [0.25, 0.3) is 11.6 Å². The Bertz CT molecular complexity index is 1000. The number of amides is 1. The van der Waals surface area contributed by atoms with E-state index in [9.17, 15) is 14.9 Å². The van der Waals surface area contributed by atoms with Gasteiger partial charge in [0.15, 0.2) is 4.80 Å². The Balaban J connectivity index is 2.05. The molecule has 0 saturated heterocycles. The summed E-state index contributed by atoms with van der Waals surface area (Å²) >= 11 is 1.45. The number of hydrogen-bond donors (Lipinski definition) is 0. The van der Waals surface area contributed by atoms with Crippen molar-refractivity contribution in [1.29, 1.82) is 0 Å². The number of nitrogens with zero attached hydrogens (tertiary/aromatic N) is 3. The summed E-state index contributed by atoms with van der Waals surface area (Å²) in [5.41, 5.74) is 2.57. The number of nitro groups is 1. The first-order chi connectivity index (χ1) is 11.5. The molecule has 6 nitrogen and oxygen atoms in total. The number of carbonyl (C=O) groups is 1. The highest BCUT2D eigenvalue weighted by atomic mass is 32.1. The fraction of sp³-hybridized carbons (Fsp3) is 0.176. The Morgan fingerprint density at radius 3 is 2.58 bits per heavy atom. The molecule has 3 rings (SSSR count). The number of non-ortho nitro benzene ring substituents is 1. The number of nitro benzene ring substituents is 1. The Hall–Kier alpha value is -2.80. The molecule has 0 aliphatic rings. The SMILES string of the molecule is CCc1cccc2sc(=NC(=O)c3ccc([N+](=O)[O-])cc3)n(C)c12. The average Bonchev–Trinajstić information content (AvgIpc) is 2.91. The Labute approximate surface area is 141 Å². The summed E-state index contributed by atoms with van der Waals surface area (Å²) in [7, 11) is 1.89. The van der Waals surface area contributed by atoms with Gasteiger partial charge in [-0.15, -0.1) is 0 Å². The maximum atomic E-state index is 12.3. The molecule has 0 aliphatic carbocycles. The molecule has 0 spiro atoms. The van der Waals surface area contributed by atoms with Crippen LogP contribution in [-0.2, 0) is 13.5 Å². The van der Waals surface area contributed by atoms with Crippen molar-refractivity contribution in [3.8, 4) is 0 Å². The lowest BCUT2D eigenvalue weighted by atomic mass is 10.1. The monoisotopic (exact) mass is 341 g/mol. The smallest absolute Gasteiger partial charge is 0.279 e. The zero-order chi connectivity index (χ0) is 17.3. The lowest BCUT2D eigenvalue weighted by Gasteiger charge is -2.01. The molecule has 1 heterocycles. The summed E-state index contributed by atoms with van der Waals surface area (Å²) in [6, 6.07) is 11.5. The van der Waals surface area contributed by atoms with Crippen molar-refractivity contribution in [2.24, 2.45) is 12.0 Å². The number of hydrogen-bond acceptors (Lipinski definition) is 4. The van der Waals surface area contributed by atoms with Crippen LogP contribution in [0.4, 0.5) is 5.69 Å². The summed E-state index contributed by atoms with van der Waals surface area (Å²) in [5, 5.41) is 10.7. The van der Waals surface area contributed by atoms with Crippen LogP contribution in [-0.4, -0.2) is 15.4 Å². The molecule has 0 atom stereocenters. The van der Waals surface area contributed by atoms with Gasteiger partial charge in [-0.1, -0.05) is 30.4 Å². The summed E-state index contributed by atoms with van der Waals surface area (Å²) in [5.74, 6) is -0.412. The van der Waals surface area contributed by atoms with Crippen molar-refractivity contribution in [3.63, 3.8) is 0 Å². The molecule has 2 aromatic carbocycles. The molecule has 122 valence electrons. The first-order valence-corrected chi connectivity index (χ1v) is 8.24. The van der Waals surface area contributed by atoms with Gasteiger partial charge in [0.2, 0.25) is 0 Å². The molecule has 1 amide bonds. The Morgan fingerprint density at radius 1 is 1.25 bits per heavy atom. The van der Waals surface area contributed by atoms with E-state index < -0.39 is 10.8 Å². The normalized spacial score (nSPS) is 11.8. The van der Waals surface area contributed by atoms with Crippen molar-refractivity contribution in [1.82, 2.24) is 4.57 Å². The van der Waals surface area contributed by atoms with E-state index in [4.69, 9.17) is 0 Å². The Morgan fingerprint density at radius 2 is 1.96 bits per heavy atom. The number of aryl methyl sites for hydroxylation is 2. The molecule has 0 bridgehead atoms. The summed E-state index contributed by atoms with van der Waals surface area (Å²) in [6.07, 6.45) is 0.900. The molecule has 0 unspecified atom stereocenters.